The van der Waals surface area contributed by atoms with E-state index in [2.05, 4.69) is 48.3 Å². The van der Waals surface area contributed by atoms with E-state index in [0.29, 0.717) is 12.0 Å². The molecule has 2 heterocycles. The minimum Gasteiger partial charge on any atom is -0.350 e. The summed E-state index contributed by atoms with van der Waals surface area (Å²) in [5.74, 6) is 2.23. The molecule has 0 aromatic carbocycles. The molecule has 4 heteroatoms. The molecule has 19 heavy (non-hydrogen) atoms. The van der Waals surface area contributed by atoms with Crippen molar-refractivity contribution in [3.63, 3.8) is 0 Å². The minimum atomic E-state index is 0.502. The Labute approximate surface area is 114 Å². The summed E-state index contributed by atoms with van der Waals surface area (Å²) in [6, 6.07) is 4.62. The van der Waals surface area contributed by atoms with E-state index in [-0.39, 0.29) is 0 Å². The Morgan fingerprint density at radius 3 is 3.00 bits per heavy atom. The van der Waals surface area contributed by atoms with Crippen molar-refractivity contribution in [1.29, 1.82) is 0 Å². The highest BCUT2D eigenvalue weighted by molar-refractivity contribution is 5.45. The summed E-state index contributed by atoms with van der Waals surface area (Å²) in [5.41, 5.74) is 2.13. The van der Waals surface area contributed by atoms with Gasteiger partial charge in [-0.05, 0) is 42.9 Å². The molecule has 3 unspecified atom stereocenters. The highest BCUT2D eigenvalue weighted by Crippen LogP contribution is 2.31. The molecular formula is C15H22N4. The lowest BCUT2D eigenvalue weighted by atomic mass is 9.78. The Hall–Kier alpha value is -1.58. The molecule has 3 rings (SSSR count). The van der Waals surface area contributed by atoms with Crippen LogP contribution in [0.15, 0.2) is 18.3 Å². The van der Waals surface area contributed by atoms with E-state index in [1.54, 1.807) is 0 Å². The van der Waals surface area contributed by atoms with Crippen LogP contribution in [0.4, 0.5) is 5.95 Å². The molecule has 0 amide bonds. The van der Waals surface area contributed by atoms with Crippen LogP contribution >= 0.6 is 0 Å². The van der Waals surface area contributed by atoms with Crippen molar-refractivity contribution in [2.24, 2.45) is 11.8 Å². The zero-order valence-corrected chi connectivity index (χ0v) is 11.9. The SMILES string of the molecule is Cc1ccn2nc(NC3CCCC(C)C3C)nc2c1. The lowest BCUT2D eigenvalue weighted by Crippen LogP contribution is -2.35. The van der Waals surface area contributed by atoms with E-state index in [4.69, 9.17) is 0 Å². The lowest BCUT2D eigenvalue weighted by molar-refractivity contribution is 0.252. The van der Waals surface area contributed by atoms with Gasteiger partial charge in [-0.25, -0.2) is 4.52 Å². The largest absolute Gasteiger partial charge is 0.350 e. The normalized spacial score (nSPS) is 27.6. The molecule has 102 valence electrons. The predicted octanol–water partition coefficient (Wildman–Crippen LogP) is 3.27. The van der Waals surface area contributed by atoms with Crippen LogP contribution in [0.2, 0.25) is 0 Å². The van der Waals surface area contributed by atoms with Crippen molar-refractivity contribution in [2.75, 3.05) is 5.32 Å². The zero-order valence-electron chi connectivity index (χ0n) is 11.9. The smallest absolute Gasteiger partial charge is 0.243 e. The van der Waals surface area contributed by atoms with Crippen molar-refractivity contribution < 1.29 is 0 Å². The molecule has 3 atom stereocenters. The topological polar surface area (TPSA) is 42.2 Å². The molecule has 1 saturated carbocycles. The predicted molar refractivity (Wildman–Crippen MR) is 77.3 cm³/mol. The molecule has 1 aliphatic carbocycles. The second-order valence-electron chi connectivity index (χ2n) is 5.96. The number of pyridine rings is 1. The van der Waals surface area contributed by atoms with Gasteiger partial charge >= 0.3 is 0 Å². The van der Waals surface area contributed by atoms with Crippen molar-refractivity contribution in [2.45, 2.75) is 46.1 Å². The Morgan fingerprint density at radius 2 is 2.16 bits per heavy atom. The summed E-state index contributed by atoms with van der Waals surface area (Å²) < 4.78 is 1.84. The fourth-order valence-corrected chi connectivity index (χ4v) is 3.00. The molecular weight excluding hydrogens is 236 g/mol. The van der Waals surface area contributed by atoms with Gasteiger partial charge in [0.2, 0.25) is 5.95 Å². The van der Waals surface area contributed by atoms with Gasteiger partial charge < -0.3 is 5.32 Å². The first kappa shape index (κ1) is 12.5. The molecule has 0 radical (unpaired) electrons. The molecule has 1 aliphatic rings. The van der Waals surface area contributed by atoms with E-state index >= 15 is 0 Å². The first-order valence-electron chi connectivity index (χ1n) is 7.23. The lowest BCUT2D eigenvalue weighted by Gasteiger charge is -2.34. The zero-order chi connectivity index (χ0) is 13.4. The van der Waals surface area contributed by atoms with Crippen LogP contribution in [-0.2, 0) is 0 Å². The van der Waals surface area contributed by atoms with Gasteiger partial charge in [-0.3, -0.25) is 0 Å². The maximum Gasteiger partial charge on any atom is 0.243 e. The minimum absolute atomic E-state index is 0.502. The average Bonchev–Trinajstić information content (AvgIpc) is 2.76. The summed E-state index contributed by atoms with van der Waals surface area (Å²) in [4.78, 5) is 4.57. The maximum atomic E-state index is 4.57. The van der Waals surface area contributed by atoms with Gasteiger partial charge in [-0.1, -0.05) is 26.7 Å². The van der Waals surface area contributed by atoms with Crippen LogP contribution < -0.4 is 5.32 Å². The third-order valence-electron chi connectivity index (χ3n) is 4.51. The van der Waals surface area contributed by atoms with E-state index in [0.717, 1.165) is 17.5 Å². The third kappa shape index (κ3) is 2.44. The van der Waals surface area contributed by atoms with Crippen molar-refractivity contribution in [3.05, 3.63) is 23.9 Å². The standard InChI is InChI=1S/C15H22N4/c1-10-7-8-19-14(9-10)17-15(18-19)16-13-6-4-5-11(2)12(13)3/h7-9,11-13H,4-6H2,1-3H3,(H,16,18). The first-order valence-corrected chi connectivity index (χ1v) is 7.23. The second kappa shape index (κ2) is 4.83. The monoisotopic (exact) mass is 258 g/mol. The number of rotatable bonds is 2. The van der Waals surface area contributed by atoms with Crippen LogP contribution in [0.1, 0.15) is 38.7 Å². The molecule has 1 N–H and O–H groups in total. The maximum absolute atomic E-state index is 4.57. The second-order valence-corrected chi connectivity index (χ2v) is 5.96. The Balaban J connectivity index is 1.81. The van der Waals surface area contributed by atoms with Gasteiger partial charge in [-0.2, -0.15) is 4.98 Å². The first-order chi connectivity index (χ1) is 9.13. The molecule has 2 aromatic heterocycles. The Morgan fingerprint density at radius 1 is 1.32 bits per heavy atom. The average molecular weight is 258 g/mol. The van der Waals surface area contributed by atoms with Crippen molar-refractivity contribution >= 4 is 11.6 Å². The van der Waals surface area contributed by atoms with Crippen molar-refractivity contribution in [3.8, 4) is 0 Å². The summed E-state index contributed by atoms with van der Waals surface area (Å²) in [6.07, 6.45) is 5.84. The molecule has 0 saturated heterocycles. The van der Waals surface area contributed by atoms with E-state index < -0.39 is 0 Å². The number of hydrogen-bond acceptors (Lipinski definition) is 3. The fraction of sp³-hybridized carbons (Fsp3) is 0.600. The van der Waals surface area contributed by atoms with Gasteiger partial charge in [0, 0.05) is 12.2 Å². The number of hydrogen-bond donors (Lipinski definition) is 1. The Kier molecular flexibility index (Phi) is 3.17. The third-order valence-corrected chi connectivity index (χ3v) is 4.51. The van der Waals surface area contributed by atoms with Gasteiger partial charge in [-0.15, -0.1) is 5.10 Å². The van der Waals surface area contributed by atoms with Crippen LogP contribution in [0, 0.1) is 18.8 Å². The molecule has 2 aromatic rings. The number of fused-ring (bicyclic) bond motifs is 1. The molecule has 4 nitrogen and oxygen atoms in total. The summed E-state index contributed by atoms with van der Waals surface area (Å²) >= 11 is 0. The van der Waals surface area contributed by atoms with Crippen LogP contribution in [-0.4, -0.2) is 20.6 Å². The summed E-state index contributed by atoms with van der Waals surface area (Å²) in [5, 5.41) is 8.03. The Bertz CT molecular complexity index is 575. The molecule has 0 aliphatic heterocycles. The number of aryl methyl sites for hydroxylation is 1. The quantitative estimate of drug-likeness (QED) is 0.899. The molecule has 1 fully saturated rings. The highest BCUT2D eigenvalue weighted by Gasteiger charge is 2.27. The summed E-state index contributed by atoms with van der Waals surface area (Å²) in [7, 11) is 0. The number of nitrogens with zero attached hydrogens (tertiary/aromatic N) is 3. The van der Waals surface area contributed by atoms with Crippen LogP contribution in [0.3, 0.4) is 0 Å². The van der Waals surface area contributed by atoms with Gasteiger partial charge in [0.1, 0.15) is 0 Å². The van der Waals surface area contributed by atoms with Crippen LogP contribution in [0.5, 0.6) is 0 Å². The molecule has 0 spiro atoms. The number of anilines is 1. The number of aromatic nitrogens is 3. The van der Waals surface area contributed by atoms with Gasteiger partial charge in [0.15, 0.2) is 5.65 Å². The van der Waals surface area contributed by atoms with Gasteiger partial charge in [0.05, 0.1) is 0 Å². The van der Waals surface area contributed by atoms with Crippen molar-refractivity contribution in [1.82, 2.24) is 14.6 Å². The van der Waals surface area contributed by atoms with E-state index in [9.17, 15) is 0 Å². The summed E-state index contributed by atoms with van der Waals surface area (Å²) in [6.45, 7) is 6.76. The number of nitrogens with one attached hydrogen (secondary N) is 1. The van der Waals surface area contributed by atoms with E-state index in [1.165, 1.54) is 24.8 Å². The molecule has 0 bridgehead atoms. The van der Waals surface area contributed by atoms with Gasteiger partial charge in [0.25, 0.3) is 0 Å². The fourth-order valence-electron chi connectivity index (χ4n) is 3.00. The van der Waals surface area contributed by atoms with Crippen LogP contribution in [0.25, 0.3) is 5.65 Å². The van der Waals surface area contributed by atoms with E-state index in [1.807, 2.05) is 10.7 Å². The highest BCUT2D eigenvalue weighted by atomic mass is 15.3.